The van der Waals surface area contributed by atoms with E-state index in [0.29, 0.717) is 0 Å². The number of hydrogen-bond acceptors (Lipinski definition) is 3. The Bertz CT molecular complexity index is 213. The number of likely N-dealkylation sites (tertiary alicyclic amines) is 1. The molecule has 0 bridgehead atoms. The molecule has 17 heavy (non-hydrogen) atoms. The van der Waals surface area contributed by atoms with Crippen molar-refractivity contribution in [2.24, 2.45) is 5.92 Å². The van der Waals surface area contributed by atoms with E-state index in [1.165, 1.54) is 58.2 Å². The van der Waals surface area contributed by atoms with E-state index in [2.05, 4.69) is 17.3 Å². The van der Waals surface area contributed by atoms with Crippen LogP contribution in [0.3, 0.4) is 0 Å². The van der Waals surface area contributed by atoms with Crippen molar-refractivity contribution in [2.75, 3.05) is 40.4 Å². The largest absolute Gasteiger partial charge is 0.383 e. The maximum atomic E-state index is 5.47. The predicted molar refractivity (Wildman–Crippen MR) is 71.3 cm³/mol. The molecule has 3 nitrogen and oxygen atoms in total. The van der Waals surface area contributed by atoms with Crippen LogP contribution in [0, 0.1) is 5.92 Å². The van der Waals surface area contributed by atoms with Crippen molar-refractivity contribution in [3.63, 3.8) is 0 Å². The van der Waals surface area contributed by atoms with E-state index in [9.17, 15) is 0 Å². The Hall–Kier alpha value is -0.120. The fourth-order valence-corrected chi connectivity index (χ4v) is 3.48. The van der Waals surface area contributed by atoms with Gasteiger partial charge in [0.05, 0.1) is 6.61 Å². The van der Waals surface area contributed by atoms with Crippen LogP contribution >= 0.6 is 0 Å². The highest BCUT2D eigenvalue weighted by Gasteiger charge is 2.34. The summed E-state index contributed by atoms with van der Waals surface area (Å²) in [6.07, 6.45) is 8.04. The Morgan fingerprint density at radius 3 is 2.65 bits per heavy atom. The van der Waals surface area contributed by atoms with Crippen LogP contribution in [0.4, 0.5) is 0 Å². The Morgan fingerprint density at radius 1 is 1.29 bits per heavy atom. The van der Waals surface area contributed by atoms with Gasteiger partial charge in [0.25, 0.3) is 0 Å². The van der Waals surface area contributed by atoms with Gasteiger partial charge in [0.15, 0.2) is 0 Å². The quantitative estimate of drug-likeness (QED) is 0.812. The van der Waals surface area contributed by atoms with Crippen LogP contribution in [0.2, 0.25) is 0 Å². The molecule has 0 saturated carbocycles. The Kier molecular flexibility index (Phi) is 4.83. The third-order valence-corrected chi connectivity index (χ3v) is 4.52. The molecule has 100 valence electrons. The zero-order valence-corrected chi connectivity index (χ0v) is 11.5. The molecule has 2 fully saturated rings. The molecule has 0 radical (unpaired) electrons. The second-order valence-electron chi connectivity index (χ2n) is 6.05. The highest BCUT2D eigenvalue weighted by Crippen LogP contribution is 2.31. The van der Waals surface area contributed by atoms with Gasteiger partial charge in [-0.1, -0.05) is 6.42 Å². The van der Waals surface area contributed by atoms with Crippen LogP contribution < -0.4 is 5.32 Å². The lowest BCUT2D eigenvalue weighted by Gasteiger charge is -2.42. The van der Waals surface area contributed by atoms with Crippen LogP contribution in [0.1, 0.15) is 38.5 Å². The molecule has 3 heteroatoms. The number of nitrogens with zero attached hydrogens (tertiary/aromatic N) is 1. The molecule has 2 rings (SSSR count). The summed E-state index contributed by atoms with van der Waals surface area (Å²) in [5.41, 5.74) is 0.285. The number of ether oxygens (including phenoxy) is 1. The molecule has 1 atom stereocenters. The summed E-state index contributed by atoms with van der Waals surface area (Å²) in [6, 6.07) is 0. The lowest BCUT2D eigenvalue weighted by atomic mass is 9.78. The Morgan fingerprint density at radius 2 is 2.06 bits per heavy atom. The van der Waals surface area contributed by atoms with Gasteiger partial charge in [-0.2, -0.15) is 0 Å². The standard InChI is InChI=1S/C14H28N2O/c1-16-9-5-13(6-10-16)11-14(12-17-2)7-3-4-8-15-14/h13,15H,3-12H2,1-2H3. The molecule has 1 N–H and O–H groups in total. The van der Waals surface area contributed by atoms with Crippen molar-refractivity contribution in [3.05, 3.63) is 0 Å². The van der Waals surface area contributed by atoms with Crippen LogP contribution in [0.5, 0.6) is 0 Å². The first-order valence-electron chi connectivity index (χ1n) is 7.17. The van der Waals surface area contributed by atoms with Gasteiger partial charge < -0.3 is 15.0 Å². The Balaban J connectivity index is 1.88. The summed E-state index contributed by atoms with van der Waals surface area (Å²) in [6.45, 7) is 4.61. The van der Waals surface area contributed by atoms with E-state index >= 15 is 0 Å². The van der Waals surface area contributed by atoms with Gasteiger partial charge in [-0.05, 0) is 64.7 Å². The molecule has 0 spiro atoms. The number of rotatable bonds is 4. The summed E-state index contributed by atoms with van der Waals surface area (Å²) in [4.78, 5) is 2.45. The first kappa shape index (κ1) is 13.3. The zero-order valence-electron chi connectivity index (χ0n) is 11.5. The average Bonchev–Trinajstić information content (AvgIpc) is 2.34. The van der Waals surface area contributed by atoms with E-state index < -0.39 is 0 Å². The first-order chi connectivity index (χ1) is 8.24. The monoisotopic (exact) mass is 240 g/mol. The van der Waals surface area contributed by atoms with Gasteiger partial charge in [-0.25, -0.2) is 0 Å². The van der Waals surface area contributed by atoms with Gasteiger partial charge >= 0.3 is 0 Å². The zero-order chi connectivity index (χ0) is 12.1. The molecule has 2 aliphatic heterocycles. The van der Waals surface area contributed by atoms with E-state index in [0.717, 1.165) is 12.5 Å². The van der Waals surface area contributed by atoms with Crippen molar-refractivity contribution in [1.29, 1.82) is 0 Å². The molecule has 0 aromatic rings. The minimum absolute atomic E-state index is 0.285. The lowest BCUT2D eigenvalue weighted by molar-refractivity contribution is 0.0611. The first-order valence-corrected chi connectivity index (χ1v) is 7.17. The molecule has 2 heterocycles. The molecule has 2 saturated heterocycles. The van der Waals surface area contributed by atoms with Gasteiger partial charge in [-0.15, -0.1) is 0 Å². The van der Waals surface area contributed by atoms with Crippen molar-refractivity contribution in [2.45, 2.75) is 44.1 Å². The molecular formula is C14H28N2O. The second-order valence-corrected chi connectivity index (χ2v) is 6.05. The van der Waals surface area contributed by atoms with Crippen molar-refractivity contribution in [3.8, 4) is 0 Å². The van der Waals surface area contributed by atoms with Crippen molar-refractivity contribution >= 4 is 0 Å². The average molecular weight is 240 g/mol. The predicted octanol–water partition coefficient (Wildman–Crippen LogP) is 1.88. The van der Waals surface area contributed by atoms with Gasteiger partial charge in [0.1, 0.15) is 0 Å². The van der Waals surface area contributed by atoms with Gasteiger partial charge in [-0.3, -0.25) is 0 Å². The highest BCUT2D eigenvalue weighted by molar-refractivity contribution is 4.93. The highest BCUT2D eigenvalue weighted by atomic mass is 16.5. The summed E-state index contributed by atoms with van der Waals surface area (Å²) in [5, 5.41) is 3.75. The van der Waals surface area contributed by atoms with Crippen LogP contribution in [0.15, 0.2) is 0 Å². The van der Waals surface area contributed by atoms with Gasteiger partial charge in [0, 0.05) is 12.6 Å². The normalized spacial score (nSPS) is 32.8. The third-order valence-electron chi connectivity index (χ3n) is 4.52. The molecular weight excluding hydrogens is 212 g/mol. The SMILES string of the molecule is COCC1(CC2CCN(C)CC2)CCCCN1. The second kappa shape index (κ2) is 6.17. The minimum Gasteiger partial charge on any atom is -0.383 e. The molecule has 0 aromatic carbocycles. The molecule has 0 aliphatic carbocycles. The van der Waals surface area contributed by atoms with Crippen LogP contribution in [-0.2, 0) is 4.74 Å². The summed E-state index contributed by atoms with van der Waals surface area (Å²) in [7, 11) is 4.08. The fraction of sp³-hybridized carbons (Fsp3) is 1.00. The van der Waals surface area contributed by atoms with E-state index in [1.54, 1.807) is 0 Å². The third kappa shape index (κ3) is 3.67. The van der Waals surface area contributed by atoms with E-state index in [1.807, 2.05) is 7.11 Å². The van der Waals surface area contributed by atoms with Crippen molar-refractivity contribution < 1.29 is 4.74 Å². The van der Waals surface area contributed by atoms with Gasteiger partial charge in [0.2, 0.25) is 0 Å². The number of nitrogens with one attached hydrogen (secondary N) is 1. The fourth-order valence-electron chi connectivity index (χ4n) is 3.48. The summed E-state index contributed by atoms with van der Waals surface area (Å²) < 4.78 is 5.47. The summed E-state index contributed by atoms with van der Waals surface area (Å²) in [5.74, 6) is 0.895. The smallest absolute Gasteiger partial charge is 0.0644 e. The maximum absolute atomic E-state index is 5.47. The topological polar surface area (TPSA) is 24.5 Å². The molecule has 0 aromatic heterocycles. The van der Waals surface area contributed by atoms with Crippen molar-refractivity contribution in [1.82, 2.24) is 10.2 Å². The summed E-state index contributed by atoms with van der Waals surface area (Å²) >= 11 is 0. The van der Waals surface area contributed by atoms with Crippen LogP contribution in [0.25, 0.3) is 0 Å². The molecule has 2 aliphatic rings. The number of methoxy groups -OCH3 is 1. The number of piperidine rings is 2. The molecule has 1 unspecified atom stereocenters. The number of hydrogen-bond donors (Lipinski definition) is 1. The molecule has 0 amide bonds. The van der Waals surface area contributed by atoms with E-state index in [4.69, 9.17) is 4.74 Å². The lowest BCUT2D eigenvalue weighted by Crippen LogP contribution is -2.53. The maximum Gasteiger partial charge on any atom is 0.0644 e. The Labute approximate surface area is 106 Å². The van der Waals surface area contributed by atoms with Crippen LogP contribution in [-0.4, -0.2) is 50.8 Å². The van der Waals surface area contributed by atoms with E-state index in [-0.39, 0.29) is 5.54 Å². The minimum atomic E-state index is 0.285.